The molecular weight excluding hydrogens is 403 g/mol. The molecule has 0 saturated carbocycles. The number of hydrogen-bond acceptors (Lipinski definition) is 5. The fourth-order valence-corrected chi connectivity index (χ4v) is 4.78. The maximum absolute atomic E-state index is 15.8. The van der Waals surface area contributed by atoms with Crippen LogP contribution >= 0.6 is 0 Å². The first kappa shape index (κ1) is 21.4. The van der Waals surface area contributed by atoms with Crippen molar-refractivity contribution in [3.63, 3.8) is 0 Å². The highest BCUT2D eigenvalue weighted by molar-refractivity contribution is 7.89. The molecule has 8 heteroatoms. The molecule has 0 bridgehead atoms. The number of nitrogens with two attached hydrogens (primary N) is 1. The Balaban J connectivity index is 2.31. The van der Waals surface area contributed by atoms with Crippen LogP contribution < -0.4 is 10.5 Å². The number of anilines is 1. The van der Waals surface area contributed by atoms with Crippen LogP contribution in [0.25, 0.3) is 22.3 Å². The predicted molar refractivity (Wildman–Crippen MR) is 114 cm³/mol. The highest BCUT2D eigenvalue weighted by Crippen LogP contribution is 2.36. The van der Waals surface area contributed by atoms with Crippen LogP contribution in [0.4, 0.5) is 10.2 Å². The molecule has 0 amide bonds. The minimum Gasteiger partial charge on any atom is -0.383 e. The maximum atomic E-state index is 15.8. The number of hydrogen-bond donors (Lipinski definition) is 2. The summed E-state index contributed by atoms with van der Waals surface area (Å²) in [5.74, 6) is -0.909. The molecule has 0 aliphatic heterocycles. The minimum absolute atomic E-state index is 0.00738. The monoisotopic (exact) mass is 424 g/mol. The Kier molecular flexibility index (Phi) is 5.61. The molecule has 1 heterocycles. The lowest BCUT2D eigenvalue weighted by Gasteiger charge is -2.23. The third kappa shape index (κ3) is 4.32. The Morgan fingerprint density at radius 3 is 2.30 bits per heavy atom. The van der Waals surface area contributed by atoms with E-state index in [1.54, 1.807) is 57.2 Å². The summed E-state index contributed by atoms with van der Waals surface area (Å²) in [6.07, 6.45) is 1.31. The number of halogens is 1. The van der Waals surface area contributed by atoms with Crippen molar-refractivity contribution in [3.8, 4) is 28.3 Å². The predicted octanol–water partition coefficient (Wildman–Crippen LogP) is 4.09. The minimum atomic E-state index is -4.22. The van der Waals surface area contributed by atoms with E-state index in [1.807, 2.05) is 6.07 Å². The van der Waals surface area contributed by atoms with Gasteiger partial charge in [-0.05, 0) is 32.4 Å². The van der Waals surface area contributed by atoms with Gasteiger partial charge in [-0.3, -0.25) is 0 Å². The van der Waals surface area contributed by atoms with Gasteiger partial charge < -0.3 is 5.73 Å². The Hall–Kier alpha value is -3.28. The Labute approximate surface area is 175 Å². The van der Waals surface area contributed by atoms with Gasteiger partial charge in [0.05, 0.1) is 5.56 Å². The molecule has 3 aromatic rings. The summed E-state index contributed by atoms with van der Waals surface area (Å²) in [6, 6.07) is 15.0. The van der Waals surface area contributed by atoms with Crippen molar-refractivity contribution < 1.29 is 12.8 Å². The van der Waals surface area contributed by atoms with E-state index in [0.29, 0.717) is 5.56 Å². The summed E-state index contributed by atoms with van der Waals surface area (Å²) in [6.45, 7) is 5.03. The lowest BCUT2D eigenvalue weighted by molar-refractivity contribution is 0.487. The second-order valence-corrected chi connectivity index (χ2v) is 9.41. The van der Waals surface area contributed by atoms with Crippen LogP contribution in [0.5, 0.6) is 0 Å². The molecule has 154 valence electrons. The number of nitrogens with zero attached hydrogens (tertiary/aromatic N) is 2. The van der Waals surface area contributed by atoms with Crippen molar-refractivity contribution in [1.29, 1.82) is 5.26 Å². The van der Waals surface area contributed by atoms with Crippen LogP contribution in [0.1, 0.15) is 26.3 Å². The van der Waals surface area contributed by atoms with E-state index in [-0.39, 0.29) is 28.1 Å². The zero-order valence-electron chi connectivity index (χ0n) is 16.8. The van der Waals surface area contributed by atoms with Crippen molar-refractivity contribution in [2.75, 3.05) is 5.73 Å². The molecular formula is C22H21FN4O2S. The molecule has 0 aliphatic rings. The van der Waals surface area contributed by atoms with Crippen LogP contribution in [-0.2, 0) is 10.0 Å². The third-order valence-corrected chi connectivity index (χ3v) is 6.06. The van der Waals surface area contributed by atoms with Gasteiger partial charge in [0.1, 0.15) is 16.8 Å². The molecule has 0 saturated heterocycles. The topological polar surface area (TPSA) is 109 Å². The fourth-order valence-electron chi connectivity index (χ4n) is 3.05. The van der Waals surface area contributed by atoms with Gasteiger partial charge in [0.25, 0.3) is 0 Å². The van der Waals surface area contributed by atoms with E-state index in [1.165, 1.54) is 18.3 Å². The highest BCUT2D eigenvalue weighted by atomic mass is 32.2. The number of nitrogens with one attached hydrogen (secondary N) is 1. The second kappa shape index (κ2) is 7.86. The van der Waals surface area contributed by atoms with E-state index in [4.69, 9.17) is 5.73 Å². The first-order valence-electron chi connectivity index (χ1n) is 9.11. The summed E-state index contributed by atoms with van der Waals surface area (Å²) in [5, 5.41) is 9.19. The molecule has 0 spiro atoms. The van der Waals surface area contributed by atoms with Gasteiger partial charge in [0, 0.05) is 28.4 Å². The average molecular weight is 425 g/mol. The molecule has 2 aromatic carbocycles. The Bertz CT molecular complexity index is 1240. The van der Waals surface area contributed by atoms with E-state index >= 15 is 4.39 Å². The lowest BCUT2D eigenvalue weighted by Crippen LogP contribution is -2.41. The van der Waals surface area contributed by atoms with Crippen LogP contribution in [0.2, 0.25) is 0 Å². The quantitative estimate of drug-likeness (QED) is 0.656. The van der Waals surface area contributed by atoms with Crippen molar-refractivity contribution in [2.24, 2.45) is 0 Å². The highest BCUT2D eigenvalue weighted by Gasteiger charge is 2.30. The molecule has 3 N–H and O–H groups in total. The van der Waals surface area contributed by atoms with Crippen molar-refractivity contribution in [3.05, 3.63) is 66.1 Å². The Morgan fingerprint density at radius 2 is 1.70 bits per heavy atom. The van der Waals surface area contributed by atoms with Crippen LogP contribution in [0.3, 0.4) is 0 Å². The zero-order chi connectivity index (χ0) is 22.1. The average Bonchev–Trinajstić information content (AvgIpc) is 2.67. The van der Waals surface area contributed by atoms with E-state index in [9.17, 15) is 13.7 Å². The van der Waals surface area contributed by atoms with Gasteiger partial charge in [0.15, 0.2) is 5.82 Å². The maximum Gasteiger partial charge on any atom is 0.244 e. The van der Waals surface area contributed by atoms with E-state index < -0.39 is 26.3 Å². The number of rotatable bonds is 4. The molecule has 0 atom stereocenters. The van der Waals surface area contributed by atoms with Crippen LogP contribution in [0, 0.1) is 17.1 Å². The molecule has 3 rings (SSSR count). The molecule has 0 aliphatic carbocycles. The van der Waals surface area contributed by atoms with Crippen molar-refractivity contribution in [2.45, 2.75) is 31.2 Å². The molecule has 30 heavy (non-hydrogen) atoms. The number of nitrogen functional groups attached to an aromatic ring is 1. The number of aromatic nitrogens is 1. The van der Waals surface area contributed by atoms with E-state index in [2.05, 4.69) is 9.71 Å². The first-order chi connectivity index (χ1) is 14.0. The fraction of sp³-hybridized carbons (Fsp3) is 0.182. The first-order valence-corrected chi connectivity index (χ1v) is 10.6. The van der Waals surface area contributed by atoms with E-state index in [0.717, 1.165) is 0 Å². The molecule has 6 nitrogen and oxygen atoms in total. The molecule has 0 fully saturated rings. The lowest BCUT2D eigenvalue weighted by atomic mass is 9.99. The zero-order valence-corrected chi connectivity index (χ0v) is 17.6. The number of sulfonamides is 1. The smallest absolute Gasteiger partial charge is 0.244 e. The van der Waals surface area contributed by atoms with Crippen LogP contribution in [0.15, 0.2) is 59.6 Å². The SMILES string of the molecule is CC(C)(C)NS(=O)(=O)c1c(-c2ccccc2)ccc(-c2cnc(N)c(C#N)c2)c1F. The number of nitriles is 1. The molecule has 1 aromatic heterocycles. The molecule has 0 radical (unpaired) electrons. The largest absolute Gasteiger partial charge is 0.383 e. The number of benzene rings is 2. The summed E-state index contributed by atoms with van der Waals surface area (Å²) < 4.78 is 44.6. The van der Waals surface area contributed by atoms with Gasteiger partial charge in [-0.15, -0.1) is 0 Å². The van der Waals surface area contributed by atoms with Gasteiger partial charge in [0.2, 0.25) is 10.0 Å². The Morgan fingerprint density at radius 1 is 1.07 bits per heavy atom. The summed E-state index contributed by atoms with van der Waals surface area (Å²) in [7, 11) is -4.22. The van der Waals surface area contributed by atoms with Gasteiger partial charge in [-0.2, -0.15) is 5.26 Å². The summed E-state index contributed by atoms with van der Waals surface area (Å²) >= 11 is 0. The standard InChI is InChI=1S/C22H21FN4O2S/c1-22(2,3)27-30(28,29)20-18(14-7-5-4-6-8-14)10-9-17(19(20)23)16-11-15(12-24)21(25)26-13-16/h4-11,13,27H,1-3H3,(H2,25,26). The van der Waals surface area contributed by atoms with Crippen molar-refractivity contribution in [1.82, 2.24) is 9.71 Å². The third-order valence-electron chi connectivity index (χ3n) is 4.24. The number of pyridine rings is 1. The second-order valence-electron chi connectivity index (χ2n) is 7.79. The van der Waals surface area contributed by atoms with Gasteiger partial charge in [-0.1, -0.05) is 42.5 Å². The normalized spacial score (nSPS) is 11.8. The van der Waals surface area contributed by atoms with Gasteiger partial charge in [-0.25, -0.2) is 22.5 Å². The molecule has 0 unspecified atom stereocenters. The van der Waals surface area contributed by atoms with Crippen molar-refractivity contribution >= 4 is 15.8 Å². The summed E-state index contributed by atoms with van der Waals surface area (Å²) in [4.78, 5) is 3.46. The van der Waals surface area contributed by atoms with Gasteiger partial charge >= 0.3 is 0 Å². The van der Waals surface area contributed by atoms with Crippen LogP contribution in [-0.4, -0.2) is 18.9 Å². The summed E-state index contributed by atoms with van der Waals surface area (Å²) in [5.41, 5.74) is 5.97.